The van der Waals surface area contributed by atoms with Crippen molar-refractivity contribution in [2.45, 2.75) is 6.10 Å². The second-order valence-corrected chi connectivity index (χ2v) is 3.28. The zero-order valence-corrected chi connectivity index (χ0v) is 8.04. The van der Waals surface area contributed by atoms with E-state index in [-0.39, 0.29) is 6.54 Å². The highest BCUT2D eigenvalue weighted by molar-refractivity contribution is 5.69. The maximum atomic E-state index is 10.8. The molecule has 0 bridgehead atoms. The Bertz CT molecular complexity index is 459. The second-order valence-electron chi connectivity index (χ2n) is 3.28. The van der Waals surface area contributed by atoms with E-state index in [2.05, 4.69) is 5.32 Å². The number of aromatic hydroxyl groups is 1. The molecule has 2 rings (SSSR count). The molecule has 7 nitrogen and oxygen atoms in total. The van der Waals surface area contributed by atoms with Crippen LogP contribution in [0.5, 0.6) is 5.75 Å². The molecule has 0 spiro atoms. The summed E-state index contributed by atoms with van der Waals surface area (Å²) in [7, 11) is 0. The number of cyclic esters (lactones) is 1. The molecule has 1 atom stereocenters. The van der Waals surface area contributed by atoms with E-state index in [1.807, 2.05) is 0 Å². The first-order chi connectivity index (χ1) is 7.58. The van der Waals surface area contributed by atoms with E-state index in [1.54, 1.807) is 0 Å². The second kappa shape index (κ2) is 3.69. The summed E-state index contributed by atoms with van der Waals surface area (Å²) in [4.78, 5) is 20.7. The van der Waals surface area contributed by atoms with Crippen LogP contribution in [-0.2, 0) is 4.74 Å². The molecule has 1 fully saturated rings. The molecule has 1 amide bonds. The van der Waals surface area contributed by atoms with E-state index in [0.717, 1.165) is 0 Å². The molecular weight excluding hydrogens is 216 g/mol. The van der Waals surface area contributed by atoms with Crippen molar-refractivity contribution in [3.05, 3.63) is 33.9 Å². The SMILES string of the molecule is O=C1NCC(c2ccc(O)c([N+](=O)[O-])c2)O1. The Morgan fingerprint density at radius 1 is 1.56 bits per heavy atom. The molecule has 1 aromatic carbocycles. The van der Waals surface area contributed by atoms with E-state index in [1.165, 1.54) is 18.2 Å². The molecule has 16 heavy (non-hydrogen) atoms. The molecule has 0 saturated carbocycles. The van der Waals surface area contributed by atoms with Gasteiger partial charge in [0.05, 0.1) is 11.5 Å². The van der Waals surface area contributed by atoms with Crippen molar-refractivity contribution in [2.75, 3.05) is 6.54 Å². The number of amides is 1. The summed E-state index contributed by atoms with van der Waals surface area (Å²) < 4.78 is 4.87. The molecule has 1 heterocycles. The molecular formula is C9H8N2O5. The van der Waals surface area contributed by atoms with Crippen LogP contribution in [0.1, 0.15) is 11.7 Å². The van der Waals surface area contributed by atoms with Gasteiger partial charge in [-0.2, -0.15) is 0 Å². The number of carbonyl (C=O) groups excluding carboxylic acids is 1. The smallest absolute Gasteiger partial charge is 0.407 e. The highest BCUT2D eigenvalue weighted by Gasteiger charge is 2.26. The summed E-state index contributed by atoms with van der Waals surface area (Å²) >= 11 is 0. The van der Waals surface area contributed by atoms with Gasteiger partial charge in [0.2, 0.25) is 0 Å². The van der Waals surface area contributed by atoms with Gasteiger partial charge in [0, 0.05) is 11.6 Å². The van der Waals surface area contributed by atoms with E-state index < -0.39 is 28.6 Å². The standard InChI is InChI=1S/C9H8N2O5/c12-7-2-1-5(3-6(7)11(14)15)8-4-10-9(13)16-8/h1-3,8,12H,4H2,(H,10,13). The lowest BCUT2D eigenvalue weighted by molar-refractivity contribution is -0.386. The van der Waals surface area contributed by atoms with Gasteiger partial charge in [-0.1, -0.05) is 6.07 Å². The number of ether oxygens (including phenoxy) is 1. The Morgan fingerprint density at radius 3 is 2.88 bits per heavy atom. The maximum absolute atomic E-state index is 10.8. The lowest BCUT2D eigenvalue weighted by Gasteiger charge is -2.07. The lowest BCUT2D eigenvalue weighted by atomic mass is 10.1. The molecule has 0 aromatic heterocycles. The van der Waals surface area contributed by atoms with Crippen molar-refractivity contribution in [1.82, 2.24) is 5.32 Å². The van der Waals surface area contributed by atoms with Gasteiger partial charge in [-0.3, -0.25) is 10.1 Å². The number of alkyl carbamates (subject to hydrolysis) is 1. The van der Waals surface area contributed by atoms with E-state index in [9.17, 15) is 20.0 Å². The van der Waals surface area contributed by atoms with Gasteiger partial charge < -0.3 is 15.2 Å². The Hall–Kier alpha value is -2.31. The van der Waals surface area contributed by atoms with Crippen LogP contribution >= 0.6 is 0 Å². The van der Waals surface area contributed by atoms with E-state index in [0.29, 0.717) is 5.56 Å². The molecule has 0 radical (unpaired) electrons. The van der Waals surface area contributed by atoms with Crippen molar-refractivity contribution in [3.63, 3.8) is 0 Å². The number of hydrogen-bond donors (Lipinski definition) is 2. The van der Waals surface area contributed by atoms with Gasteiger partial charge in [0.15, 0.2) is 5.75 Å². The molecule has 0 aliphatic carbocycles. The number of rotatable bonds is 2. The molecule has 2 N–H and O–H groups in total. The fourth-order valence-corrected chi connectivity index (χ4v) is 1.46. The fourth-order valence-electron chi connectivity index (χ4n) is 1.46. The predicted molar refractivity (Wildman–Crippen MR) is 52.0 cm³/mol. The topological polar surface area (TPSA) is 102 Å². The highest BCUT2D eigenvalue weighted by atomic mass is 16.6. The third kappa shape index (κ3) is 1.74. The van der Waals surface area contributed by atoms with Gasteiger partial charge in [0.25, 0.3) is 0 Å². The summed E-state index contributed by atoms with van der Waals surface area (Å²) in [5, 5.41) is 22.2. The first-order valence-electron chi connectivity index (χ1n) is 4.49. The van der Waals surface area contributed by atoms with E-state index >= 15 is 0 Å². The van der Waals surface area contributed by atoms with Crippen LogP contribution in [0.3, 0.4) is 0 Å². The molecule has 1 saturated heterocycles. The number of benzene rings is 1. The molecule has 84 valence electrons. The number of phenolic OH excluding ortho intramolecular Hbond substituents is 1. The Kier molecular flexibility index (Phi) is 2.35. The number of phenols is 1. The van der Waals surface area contributed by atoms with Crippen LogP contribution < -0.4 is 5.32 Å². The molecule has 7 heteroatoms. The van der Waals surface area contributed by atoms with Crippen molar-refractivity contribution >= 4 is 11.8 Å². The van der Waals surface area contributed by atoms with Crippen molar-refractivity contribution < 1.29 is 19.6 Å². The van der Waals surface area contributed by atoms with Crippen molar-refractivity contribution in [3.8, 4) is 5.75 Å². The average Bonchev–Trinajstić information content (AvgIpc) is 2.65. The zero-order chi connectivity index (χ0) is 11.7. The summed E-state index contributed by atoms with van der Waals surface area (Å²) in [6.07, 6.45) is -1.10. The highest BCUT2D eigenvalue weighted by Crippen LogP contribution is 2.30. The number of nitrogens with zero attached hydrogens (tertiary/aromatic N) is 1. The number of nitro groups is 1. The number of hydrogen-bond acceptors (Lipinski definition) is 5. The number of carbonyl (C=O) groups is 1. The zero-order valence-electron chi connectivity index (χ0n) is 8.04. The molecule has 1 aliphatic heterocycles. The van der Waals surface area contributed by atoms with Crippen molar-refractivity contribution in [2.24, 2.45) is 0 Å². The third-order valence-electron chi connectivity index (χ3n) is 2.25. The average molecular weight is 224 g/mol. The monoisotopic (exact) mass is 224 g/mol. The third-order valence-corrected chi connectivity index (χ3v) is 2.25. The Morgan fingerprint density at radius 2 is 2.31 bits per heavy atom. The minimum absolute atomic E-state index is 0.265. The van der Waals surface area contributed by atoms with Crippen LogP contribution in [-0.4, -0.2) is 22.7 Å². The van der Waals surface area contributed by atoms with E-state index in [4.69, 9.17) is 4.74 Å². The molecule has 1 unspecified atom stereocenters. The van der Waals surface area contributed by atoms with Crippen LogP contribution in [0.4, 0.5) is 10.5 Å². The van der Waals surface area contributed by atoms with Crippen LogP contribution in [0.15, 0.2) is 18.2 Å². The molecule has 1 aromatic rings. The van der Waals surface area contributed by atoms with Gasteiger partial charge in [-0.15, -0.1) is 0 Å². The summed E-state index contributed by atoms with van der Waals surface area (Å²) in [5.74, 6) is -0.411. The maximum Gasteiger partial charge on any atom is 0.407 e. The molecule has 1 aliphatic rings. The van der Waals surface area contributed by atoms with Gasteiger partial charge in [0.1, 0.15) is 6.10 Å². The first-order valence-corrected chi connectivity index (χ1v) is 4.49. The summed E-state index contributed by atoms with van der Waals surface area (Å²) in [6, 6.07) is 3.88. The quantitative estimate of drug-likeness (QED) is 0.578. The van der Waals surface area contributed by atoms with Crippen LogP contribution in [0.2, 0.25) is 0 Å². The Balaban J connectivity index is 2.32. The lowest BCUT2D eigenvalue weighted by Crippen LogP contribution is -2.12. The first kappa shape index (κ1) is 10.2. The normalized spacial score (nSPS) is 19.0. The van der Waals surface area contributed by atoms with Crippen molar-refractivity contribution in [1.29, 1.82) is 0 Å². The number of nitrogens with one attached hydrogen (secondary N) is 1. The summed E-state index contributed by atoms with van der Waals surface area (Å²) in [5.41, 5.74) is 0.0725. The number of nitro benzene ring substituents is 1. The van der Waals surface area contributed by atoms with Gasteiger partial charge >= 0.3 is 11.8 Å². The van der Waals surface area contributed by atoms with Gasteiger partial charge in [-0.25, -0.2) is 4.79 Å². The minimum Gasteiger partial charge on any atom is -0.502 e. The largest absolute Gasteiger partial charge is 0.502 e. The minimum atomic E-state index is -0.691. The van der Waals surface area contributed by atoms with Crippen LogP contribution in [0, 0.1) is 10.1 Å². The summed E-state index contributed by atoms with van der Waals surface area (Å²) in [6.45, 7) is 0.265. The van der Waals surface area contributed by atoms with Crippen LogP contribution in [0.25, 0.3) is 0 Å². The fraction of sp³-hybridized carbons (Fsp3) is 0.222. The predicted octanol–water partition coefficient (Wildman–Crippen LogP) is 1.08. The Labute approximate surface area is 89.8 Å². The van der Waals surface area contributed by atoms with Gasteiger partial charge in [-0.05, 0) is 6.07 Å².